The van der Waals surface area contributed by atoms with Gasteiger partial charge in [-0.1, -0.05) is 20.4 Å². The summed E-state index contributed by atoms with van der Waals surface area (Å²) in [6.45, 7) is 10.2. The Morgan fingerprint density at radius 1 is 1.38 bits per heavy atom. The molecule has 1 aromatic carbocycles. The van der Waals surface area contributed by atoms with Crippen molar-refractivity contribution in [3.8, 4) is 11.5 Å². The number of rotatable bonds is 7. The van der Waals surface area contributed by atoms with Gasteiger partial charge in [0.15, 0.2) is 11.5 Å². The Bertz CT molecular complexity index is 599. The SMILES string of the molecule is C=CC[NH+]1CCc2cc(OC)c(OC)cc2[C@@H]1CNC(=O)C(C)C. The average Bonchev–Trinajstić information content (AvgIpc) is 2.59. The molecule has 0 spiro atoms. The summed E-state index contributed by atoms with van der Waals surface area (Å²) in [5.41, 5.74) is 2.49. The predicted molar refractivity (Wildman–Crippen MR) is 94.7 cm³/mol. The van der Waals surface area contributed by atoms with E-state index in [1.54, 1.807) is 14.2 Å². The molecule has 2 rings (SSSR count). The van der Waals surface area contributed by atoms with Crippen LogP contribution in [0, 0.1) is 5.92 Å². The molecule has 0 saturated carbocycles. The van der Waals surface area contributed by atoms with Gasteiger partial charge in [0.1, 0.15) is 6.04 Å². The first-order valence-corrected chi connectivity index (χ1v) is 8.49. The lowest BCUT2D eigenvalue weighted by molar-refractivity contribution is -0.927. The highest BCUT2D eigenvalue weighted by Gasteiger charge is 2.32. The normalized spacial score (nSPS) is 19.5. The summed E-state index contributed by atoms with van der Waals surface area (Å²) >= 11 is 0. The van der Waals surface area contributed by atoms with E-state index in [-0.39, 0.29) is 17.9 Å². The molecule has 0 radical (unpaired) electrons. The first-order valence-electron chi connectivity index (χ1n) is 8.49. The molecule has 1 amide bonds. The second-order valence-electron chi connectivity index (χ2n) is 6.51. The van der Waals surface area contributed by atoms with Crippen molar-refractivity contribution in [2.45, 2.75) is 26.3 Å². The van der Waals surface area contributed by atoms with E-state index in [2.05, 4.69) is 24.0 Å². The summed E-state index contributed by atoms with van der Waals surface area (Å²) in [4.78, 5) is 13.4. The van der Waals surface area contributed by atoms with Gasteiger partial charge in [0.05, 0.1) is 33.9 Å². The summed E-state index contributed by atoms with van der Waals surface area (Å²) in [7, 11) is 3.31. The largest absolute Gasteiger partial charge is 0.493 e. The summed E-state index contributed by atoms with van der Waals surface area (Å²) in [6, 6.07) is 4.31. The van der Waals surface area contributed by atoms with E-state index in [1.165, 1.54) is 16.0 Å². The highest BCUT2D eigenvalue weighted by molar-refractivity contribution is 5.77. The third-order valence-corrected chi connectivity index (χ3v) is 4.64. The van der Waals surface area contributed by atoms with Gasteiger partial charge in [-0.2, -0.15) is 0 Å². The molecule has 132 valence electrons. The predicted octanol–water partition coefficient (Wildman–Crippen LogP) is 1.14. The molecule has 0 bridgehead atoms. The van der Waals surface area contributed by atoms with Gasteiger partial charge in [-0.25, -0.2) is 0 Å². The standard InChI is InChI=1S/C19H28N2O3/c1-6-8-21-9-7-14-10-17(23-4)18(24-5)11-15(14)16(21)12-20-19(22)13(2)3/h6,10-11,13,16H,1,7-9,12H2,2-5H3,(H,20,22)/p+1/t16-/m0/s1. The Morgan fingerprint density at radius 2 is 2.04 bits per heavy atom. The fourth-order valence-electron chi connectivity index (χ4n) is 3.26. The third kappa shape index (κ3) is 3.90. The van der Waals surface area contributed by atoms with E-state index >= 15 is 0 Å². The van der Waals surface area contributed by atoms with Gasteiger partial charge in [0.2, 0.25) is 5.91 Å². The van der Waals surface area contributed by atoms with Gasteiger partial charge in [0.25, 0.3) is 0 Å². The summed E-state index contributed by atoms with van der Waals surface area (Å²) in [5, 5.41) is 3.08. The second-order valence-corrected chi connectivity index (χ2v) is 6.51. The maximum Gasteiger partial charge on any atom is 0.222 e. The van der Waals surface area contributed by atoms with Gasteiger partial charge in [-0.05, 0) is 23.8 Å². The maximum absolute atomic E-state index is 12.0. The van der Waals surface area contributed by atoms with Gasteiger partial charge in [-0.15, -0.1) is 0 Å². The lowest BCUT2D eigenvalue weighted by Gasteiger charge is -2.34. The van der Waals surface area contributed by atoms with Crippen molar-refractivity contribution >= 4 is 5.91 Å². The van der Waals surface area contributed by atoms with Crippen molar-refractivity contribution in [1.82, 2.24) is 5.32 Å². The van der Waals surface area contributed by atoms with Crippen LogP contribution in [-0.2, 0) is 11.2 Å². The van der Waals surface area contributed by atoms with Crippen molar-refractivity contribution in [2.24, 2.45) is 5.92 Å². The minimum atomic E-state index is -0.0127. The molecule has 0 saturated heterocycles. The molecule has 0 aromatic heterocycles. The summed E-state index contributed by atoms with van der Waals surface area (Å²) in [6.07, 6.45) is 2.92. The van der Waals surface area contributed by atoms with Crippen molar-refractivity contribution in [1.29, 1.82) is 0 Å². The lowest BCUT2D eigenvalue weighted by Crippen LogP contribution is -3.13. The van der Waals surface area contributed by atoms with Crippen LogP contribution in [0.25, 0.3) is 0 Å². The molecule has 24 heavy (non-hydrogen) atoms. The minimum absolute atomic E-state index is 0.0127. The Kier molecular flexibility index (Phi) is 6.26. The maximum atomic E-state index is 12.0. The van der Waals surface area contributed by atoms with E-state index in [9.17, 15) is 4.79 Å². The monoisotopic (exact) mass is 333 g/mol. The average molecular weight is 333 g/mol. The number of quaternary nitrogens is 1. The second kappa shape index (κ2) is 8.20. The van der Waals surface area contributed by atoms with Crippen molar-refractivity contribution < 1.29 is 19.2 Å². The van der Waals surface area contributed by atoms with E-state index in [1.807, 2.05) is 19.9 Å². The van der Waals surface area contributed by atoms with Crippen LogP contribution in [0.2, 0.25) is 0 Å². The van der Waals surface area contributed by atoms with Crippen LogP contribution in [-0.4, -0.2) is 39.8 Å². The van der Waals surface area contributed by atoms with Gasteiger partial charge in [-0.3, -0.25) is 4.79 Å². The Hall–Kier alpha value is -2.01. The molecule has 1 aliphatic rings. The van der Waals surface area contributed by atoms with E-state index in [4.69, 9.17) is 9.47 Å². The smallest absolute Gasteiger partial charge is 0.222 e. The summed E-state index contributed by atoms with van der Waals surface area (Å²) in [5.74, 6) is 1.56. The Balaban J connectivity index is 2.33. The molecule has 0 fully saturated rings. The summed E-state index contributed by atoms with van der Waals surface area (Å²) < 4.78 is 10.9. The number of benzene rings is 1. The number of hydrogen-bond donors (Lipinski definition) is 2. The van der Waals surface area contributed by atoms with Crippen molar-refractivity contribution in [3.63, 3.8) is 0 Å². The zero-order valence-corrected chi connectivity index (χ0v) is 15.1. The van der Waals surface area contributed by atoms with Crippen molar-refractivity contribution in [3.05, 3.63) is 35.9 Å². The fraction of sp³-hybridized carbons (Fsp3) is 0.526. The van der Waals surface area contributed by atoms with Crippen LogP contribution in [0.5, 0.6) is 11.5 Å². The minimum Gasteiger partial charge on any atom is -0.493 e. The van der Waals surface area contributed by atoms with E-state index < -0.39 is 0 Å². The highest BCUT2D eigenvalue weighted by atomic mass is 16.5. The van der Waals surface area contributed by atoms with Crippen LogP contribution in [0.1, 0.15) is 31.0 Å². The molecule has 0 aliphatic carbocycles. The lowest BCUT2D eigenvalue weighted by atomic mass is 9.91. The van der Waals surface area contributed by atoms with E-state index in [0.717, 1.165) is 31.0 Å². The van der Waals surface area contributed by atoms with E-state index in [0.29, 0.717) is 6.54 Å². The topological polar surface area (TPSA) is 52.0 Å². The first-order chi connectivity index (χ1) is 11.5. The fourth-order valence-corrected chi connectivity index (χ4v) is 3.26. The van der Waals surface area contributed by atoms with Crippen molar-refractivity contribution in [2.75, 3.05) is 33.9 Å². The quantitative estimate of drug-likeness (QED) is 0.736. The number of fused-ring (bicyclic) bond motifs is 1. The molecule has 1 aliphatic heterocycles. The number of nitrogens with one attached hydrogen (secondary N) is 2. The number of methoxy groups -OCH3 is 2. The molecule has 2 N–H and O–H groups in total. The van der Waals surface area contributed by atoms with Crippen LogP contribution in [0.15, 0.2) is 24.8 Å². The highest BCUT2D eigenvalue weighted by Crippen LogP contribution is 2.33. The first kappa shape index (κ1) is 18.3. The number of ether oxygens (including phenoxy) is 2. The van der Waals surface area contributed by atoms with Crippen LogP contribution >= 0.6 is 0 Å². The number of amides is 1. The number of carbonyl (C=O) groups is 1. The zero-order valence-electron chi connectivity index (χ0n) is 15.1. The molecule has 1 heterocycles. The van der Waals surface area contributed by atoms with Crippen LogP contribution in [0.3, 0.4) is 0 Å². The van der Waals surface area contributed by atoms with Crippen LogP contribution < -0.4 is 19.7 Å². The molecule has 1 aromatic rings. The molecule has 1 unspecified atom stereocenters. The van der Waals surface area contributed by atoms with Crippen LogP contribution in [0.4, 0.5) is 0 Å². The molecular weight excluding hydrogens is 304 g/mol. The number of hydrogen-bond acceptors (Lipinski definition) is 3. The Labute approximate surface area is 144 Å². The molecule has 5 heteroatoms. The Morgan fingerprint density at radius 3 is 2.62 bits per heavy atom. The van der Waals surface area contributed by atoms with Gasteiger partial charge < -0.3 is 19.7 Å². The van der Waals surface area contributed by atoms with Gasteiger partial charge >= 0.3 is 0 Å². The number of carbonyl (C=O) groups excluding carboxylic acids is 1. The van der Waals surface area contributed by atoms with Gasteiger partial charge in [0, 0.05) is 17.9 Å². The molecular formula is C19H29N2O3+. The molecule has 2 atom stereocenters. The third-order valence-electron chi connectivity index (χ3n) is 4.64. The molecule has 5 nitrogen and oxygen atoms in total. The zero-order chi connectivity index (χ0) is 17.7.